The molecule has 2 heterocycles. The van der Waals surface area contributed by atoms with E-state index in [1.165, 1.54) is 25.7 Å². The van der Waals surface area contributed by atoms with E-state index in [1.807, 2.05) is 6.07 Å². The Bertz CT molecular complexity index is 453. The maximum atomic E-state index is 13.5. The van der Waals surface area contributed by atoms with Gasteiger partial charge in [0.1, 0.15) is 5.82 Å². The van der Waals surface area contributed by atoms with Crippen LogP contribution in [0.4, 0.5) is 4.39 Å². The minimum Gasteiger partial charge on any atom is -0.311 e. The Kier molecular flexibility index (Phi) is 3.92. The molecule has 2 aliphatic heterocycles. The van der Waals surface area contributed by atoms with Crippen molar-refractivity contribution in [2.75, 3.05) is 7.05 Å². The van der Waals surface area contributed by atoms with Crippen molar-refractivity contribution in [3.63, 3.8) is 0 Å². The van der Waals surface area contributed by atoms with E-state index in [2.05, 4.69) is 33.2 Å². The number of halogens is 2. The average molecular weight is 327 g/mol. The largest absolute Gasteiger partial charge is 0.311 e. The van der Waals surface area contributed by atoms with Crippen molar-refractivity contribution in [2.24, 2.45) is 0 Å². The van der Waals surface area contributed by atoms with Gasteiger partial charge in [-0.15, -0.1) is 0 Å². The predicted molar refractivity (Wildman–Crippen MR) is 78.5 cm³/mol. The smallest absolute Gasteiger partial charge is 0.137 e. The summed E-state index contributed by atoms with van der Waals surface area (Å²) in [6.45, 7) is 0.828. The lowest BCUT2D eigenvalue weighted by Crippen LogP contribution is -2.46. The molecule has 2 bridgehead atoms. The second-order valence-corrected chi connectivity index (χ2v) is 6.78. The van der Waals surface area contributed by atoms with Gasteiger partial charge < -0.3 is 5.32 Å². The van der Waals surface area contributed by atoms with Gasteiger partial charge in [-0.3, -0.25) is 4.90 Å². The lowest BCUT2D eigenvalue weighted by atomic mass is 9.98. The van der Waals surface area contributed by atoms with Gasteiger partial charge in [0, 0.05) is 24.7 Å². The average Bonchev–Trinajstić information content (AvgIpc) is 2.72. The van der Waals surface area contributed by atoms with Gasteiger partial charge in [-0.2, -0.15) is 0 Å². The highest BCUT2D eigenvalue weighted by Crippen LogP contribution is 2.30. The third-order valence-corrected chi connectivity index (χ3v) is 5.13. The van der Waals surface area contributed by atoms with E-state index < -0.39 is 0 Å². The van der Waals surface area contributed by atoms with Crippen molar-refractivity contribution in [1.82, 2.24) is 10.2 Å². The summed E-state index contributed by atoms with van der Waals surface area (Å²) in [4.78, 5) is 2.38. The molecule has 3 rings (SSSR count). The molecule has 0 amide bonds. The summed E-state index contributed by atoms with van der Waals surface area (Å²) in [5.74, 6) is -0.170. The van der Waals surface area contributed by atoms with Crippen LogP contribution in [0.2, 0.25) is 0 Å². The normalized spacial score (nSPS) is 30.0. The van der Waals surface area contributed by atoms with Gasteiger partial charge in [0.05, 0.1) is 4.47 Å². The number of piperidine rings is 1. The highest BCUT2D eigenvalue weighted by molar-refractivity contribution is 9.10. The molecule has 2 aliphatic rings. The van der Waals surface area contributed by atoms with Crippen LogP contribution in [0.5, 0.6) is 0 Å². The number of nitrogens with zero attached hydrogens (tertiary/aromatic N) is 1. The molecule has 2 fully saturated rings. The molecule has 2 unspecified atom stereocenters. The van der Waals surface area contributed by atoms with E-state index in [0.717, 1.165) is 12.1 Å². The van der Waals surface area contributed by atoms with E-state index in [1.54, 1.807) is 12.1 Å². The summed E-state index contributed by atoms with van der Waals surface area (Å²) in [6, 6.07) is 7.46. The molecule has 1 aromatic rings. The highest BCUT2D eigenvalue weighted by atomic mass is 79.9. The van der Waals surface area contributed by atoms with Gasteiger partial charge >= 0.3 is 0 Å². The third kappa shape index (κ3) is 3.01. The van der Waals surface area contributed by atoms with E-state index >= 15 is 0 Å². The fraction of sp³-hybridized carbons (Fsp3) is 0.600. The molecule has 1 aromatic carbocycles. The molecule has 104 valence electrons. The molecule has 0 aromatic heterocycles. The van der Waals surface area contributed by atoms with E-state index in [0.29, 0.717) is 22.6 Å². The van der Waals surface area contributed by atoms with Crippen molar-refractivity contribution in [3.05, 3.63) is 34.1 Å². The van der Waals surface area contributed by atoms with Crippen LogP contribution in [0.3, 0.4) is 0 Å². The molecular formula is C15H20BrFN2. The van der Waals surface area contributed by atoms with Gasteiger partial charge in [0.2, 0.25) is 0 Å². The number of hydrogen-bond acceptors (Lipinski definition) is 2. The maximum Gasteiger partial charge on any atom is 0.137 e. The standard InChI is InChI=1S/C15H20BrFN2/c1-19(9-10-2-5-14(16)15(17)6-10)13-7-11-3-4-12(8-13)18-11/h2,5-6,11-13,18H,3-4,7-9H2,1H3. The summed E-state index contributed by atoms with van der Waals surface area (Å²) >= 11 is 3.20. The fourth-order valence-electron chi connectivity index (χ4n) is 3.44. The van der Waals surface area contributed by atoms with Crippen LogP contribution in [0.1, 0.15) is 31.2 Å². The first-order valence-electron chi connectivity index (χ1n) is 7.02. The summed E-state index contributed by atoms with van der Waals surface area (Å²) in [7, 11) is 2.16. The van der Waals surface area contributed by atoms with E-state index in [9.17, 15) is 4.39 Å². The summed E-state index contributed by atoms with van der Waals surface area (Å²) in [5.41, 5.74) is 1.05. The first-order chi connectivity index (χ1) is 9.11. The molecule has 1 N–H and O–H groups in total. The first kappa shape index (κ1) is 13.5. The fourth-order valence-corrected chi connectivity index (χ4v) is 3.69. The number of hydrogen-bond donors (Lipinski definition) is 1. The zero-order valence-corrected chi connectivity index (χ0v) is 12.8. The van der Waals surface area contributed by atoms with Crippen molar-refractivity contribution in [1.29, 1.82) is 0 Å². The second kappa shape index (κ2) is 5.51. The molecule has 0 radical (unpaired) electrons. The summed E-state index contributed by atoms with van der Waals surface area (Å²) in [5, 5.41) is 3.66. The Labute approximate surface area is 122 Å². The van der Waals surface area contributed by atoms with Gasteiger partial charge in [-0.25, -0.2) is 4.39 Å². The quantitative estimate of drug-likeness (QED) is 0.916. The minimum atomic E-state index is -0.170. The zero-order chi connectivity index (χ0) is 13.4. The lowest BCUT2D eigenvalue weighted by molar-refractivity contribution is 0.166. The Balaban J connectivity index is 1.64. The van der Waals surface area contributed by atoms with Crippen LogP contribution in [0.15, 0.2) is 22.7 Å². The van der Waals surface area contributed by atoms with Crippen molar-refractivity contribution in [3.8, 4) is 0 Å². The Hall–Kier alpha value is -0.450. The first-order valence-corrected chi connectivity index (χ1v) is 7.81. The zero-order valence-electron chi connectivity index (χ0n) is 11.2. The van der Waals surface area contributed by atoms with Crippen LogP contribution in [-0.4, -0.2) is 30.1 Å². The van der Waals surface area contributed by atoms with Gasteiger partial charge in [-0.1, -0.05) is 6.07 Å². The number of fused-ring (bicyclic) bond motifs is 2. The van der Waals surface area contributed by atoms with Crippen molar-refractivity contribution in [2.45, 2.75) is 50.4 Å². The van der Waals surface area contributed by atoms with Gasteiger partial charge in [0.25, 0.3) is 0 Å². The molecule has 0 spiro atoms. The minimum absolute atomic E-state index is 0.170. The third-order valence-electron chi connectivity index (χ3n) is 4.49. The van der Waals surface area contributed by atoms with E-state index in [4.69, 9.17) is 0 Å². The Morgan fingerprint density at radius 1 is 1.32 bits per heavy atom. The molecule has 19 heavy (non-hydrogen) atoms. The maximum absolute atomic E-state index is 13.5. The topological polar surface area (TPSA) is 15.3 Å². The molecule has 2 nitrogen and oxygen atoms in total. The van der Waals surface area contributed by atoms with Crippen LogP contribution in [-0.2, 0) is 6.54 Å². The van der Waals surface area contributed by atoms with Crippen LogP contribution in [0.25, 0.3) is 0 Å². The highest BCUT2D eigenvalue weighted by Gasteiger charge is 2.34. The van der Waals surface area contributed by atoms with E-state index in [-0.39, 0.29) is 5.82 Å². The molecule has 0 saturated carbocycles. The van der Waals surface area contributed by atoms with Crippen LogP contribution in [0, 0.1) is 5.82 Å². The van der Waals surface area contributed by atoms with Crippen LogP contribution >= 0.6 is 15.9 Å². The Morgan fingerprint density at radius 3 is 2.63 bits per heavy atom. The molecule has 4 heteroatoms. The lowest BCUT2D eigenvalue weighted by Gasteiger charge is -2.35. The number of nitrogens with one attached hydrogen (secondary N) is 1. The SMILES string of the molecule is CN(Cc1ccc(Br)c(F)c1)C1CC2CCC(C1)N2. The molecule has 0 aliphatic carbocycles. The molecular weight excluding hydrogens is 307 g/mol. The summed E-state index contributed by atoms with van der Waals surface area (Å²) < 4.78 is 14.1. The number of rotatable bonds is 3. The summed E-state index contributed by atoms with van der Waals surface area (Å²) in [6.07, 6.45) is 5.10. The number of benzene rings is 1. The van der Waals surface area contributed by atoms with Crippen LogP contribution < -0.4 is 5.32 Å². The predicted octanol–water partition coefficient (Wildman–Crippen LogP) is 3.30. The molecule has 2 atom stereocenters. The Morgan fingerprint density at radius 2 is 2.00 bits per heavy atom. The van der Waals surface area contributed by atoms with Crippen molar-refractivity contribution < 1.29 is 4.39 Å². The monoisotopic (exact) mass is 326 g/mol. The van der Waals surface area contributed by atoms with Gasteiger partial charge in [0.15, 0.2) is 0 Å². The van der Waals surface area contributed by atoms with Crippen molar-refractivity contribution >= 4 is 15.9 Å². The molecule has 2 saturated heterocycles. The second-order valence-electron chi connectivity index (χ2n) is 5.93. The van der Waals surface area contributed by atoms with Gasteiger partial charge in [-0.05, 0) is 66.4 Å².